The molecule has 1 unspecified atom stereocenters. The van der Waals surface area contributed by atoms with Crippen molar-refractivity contribution < 1.29 is 19.1 Å². The molecule has 6 nitrogen and oxygen atoms in total. The average molecular weight is 402 g/mol. The Balaban J connectivity index is 1.70. The summed E-state index contributed by atoms with van der Waals surface area (Å²) in [5.41, 5.74) is 2.29. The molecule has 0 aliphatic carbocycles. The smallest absolute Gasteiger partial charge is 0.338 e. The molecule has 2 heterocycles. The van der Waals surface area contributed by atoms with Crippen LogP contribution < -0.4 is 5.32 Å². The minimum Gasteiger partial charge on any atom is -0.505 e. The summed E-state index contributed by atoms with van der Waals surface area (Å²) in [6.45, 7) is 2.33. The summed E-state index contributed by atoms with van der Waals surface area (Å²) < 4.78 is 10.9. The molecule has 30 heavy (non-hydrogen) atoms. The van der Waals surface area contributed by atoms with Gasteiger partial charge in [-0.15, -0.1) is 0 Å². The Hall–Kier alpha value is -3.80. The molecule has 0 fully saturated rings. The molecule has 152 valence electrons. The summed E-state index contributed by atoms with van der Waals surface area (Å²) in [7, 11) is 0. The third-order valence-electron chi connectivity index (χ3n) is 4.76. The molecule has 0 radical (unpaired) electrons. The van der Waals surface area contributed by atoms with E-state index in [0.29, 0.717) is 34.7 Å². The van der Waals surface area contributed by atoms with Crippen molar-refractivity contribution in [3.63, 3.8) is 0 Å². The van der Waals surface area contributed by atoms with Crippen LogP contribution in [0.2, 0.25) is 0 Å². The zero-order valence-electron chi connectivity index (χ0n) is 16.5. The highest BCUT2D eigenvalue weighted by Gasteiger charge is 2.22. The Morgan fingerprint density at radius 1 is 1.17 bits per heavy atom. The maximum Gasteiger partial charge on any atom is 0.338 e. The quantitative estimate of drug-likeness (QED) is 0.408. The van der Waals surface area contributed by atoms with Gasteiger partial charge in [0.2, 0.25) is 0 Å². The van der Waals surface area contributed by atoms with Crippen LogP contribution in [0.15, 0.2) is 77.5 Å². The number of anilines is 1. The lowest BCUT2D eigenvalue weighted by Gasteiger charge is -2.20. The number of pyridine rings is 1. The van der Waals surface area contributed by atoms with Crippen LogP contribution in [-0.4, -0.2) is 22.7 Å². The number of aromatic nitrogens is 1. The molecule has 0 spiro atoms. The highest BCUT2D eigenvalue weighted by atomic mass is 16.5. The first-order valence-electron chi connectivity index (χ1n) is 9.81. The second-order valence-corrected chi connectivity index (χ2v) is 6.89. The van der Waals surface area contributed by atoms with Crippen molar-refractivity contribution >= 4 is 22.6 Å². The Morgan fingerprint density at radius 2 is 2.07 bits per heavy atom. The number of aromatic hydroxyl groups is 1. The molecule has 1 atom stereocenters. The number of benzene rings is 2. The van der Waals surface area contributed by atoms with Crippen molar-refractivity contribution in [2.24, 2.45) is 0 Å². The van der Waals surface area contributed by atoms with Gasteiger partial charge in [0.15, 0.2) is 0 Å². The SMILES string of the molecule is CCCOC(=O)c1cccc(NC(c2ccco2)c2ccc3cccnc3c2O)c1. The Bertz CT molecular complexity index is 1160. The van der Waals surface area contributed by atoms with Crippen molar-refractivity contribution in [3.05, 3.63) is 90.0 Å². The van der Waals surface area contributed by atoms with Crippen molar-refractivity contribution in [1.82, 2.24) is 4.98 Å². The fourth-order valence-corrected chi connectivity index (χ4v) is 3.32. The Morgan fingerprint density at radius 3 is 2.87 bits per heavy atom. The number of fused-ring (bicyclic) bond motifs is 1. The number of nitrogens with zero attached hydrogens (tertiary/aromatic N) is 1. The van der Waals surface area contributed by atoms with Crippen LogP contribution in [0.3, 0.4) is 0 Å². The van der Waals surface area contributed by atoms with Crippen molar-refractivity contribution in [3.8, 4) is 5.75 Å². The number of nitrogens with one attached hydrogen (secondary N) is 1. The maximum absolute atomic E-state index is 12.2. The number of esters is 1. The van der Waals surface area contributed by atoms with Gasteiger partial charge in [0.05, 0.1) is 18.4 Å². The summed E-state index contributed by atoms with van der Waals surface area (Å²) in [5.74, 6) is 0.341. The van der Waals surface area contributed by atoms with Gasteiger partial charge in [0, 0.05) is 22.8 Å². The van der Waals surface area contributed by atoms with E-state index in [-0.39, 0.29) is 11.7 Å². The number of carbonyl (C=O) groups excluding carboxylic acids is 1. The second-order valence-electron chi connectivity index (χ2n) is 6.89. The summed E-state index contributed by atoms with van der Waals surface area (Å²) >= 11 is 0. The first kappa shape index (κ1) is 19.5. The number of furan rings is 1. The predicted octanol–water partition coefficient (Wildman–Crippen LogP) is 5.30. The van der Waals surface area contributed by atoms with Crippen LogP contribution in [0.5, 0.6) is 5.75 Å². The number of rotatable bonds is 7. The second kappa shape index (κ2) is 8.69. The lowest BCUT2D eigenvalue weighted by Crippen LogP contribution is -2.13. The first-order chi connectivity index (χ1) is 14.7. The summed E-state index contributed by atoms with van der Waals surface area (Å²) in [6.07, 6.45) is 3.99. The van der Waals surface area contributed by atoms with E-state index >= 15 is 0 Å². The van der Waals surface area contributed by atoms with E-state index in [9.17, 15) is 9.90 Å². The molecular weight excluding hydrogens is 380 g/mol. The van der Waals surface area contributed by atoms with E-state index in [1.807, 2.05) is 43.3 Å². The molecule has 0 saturated heterocycles. The molecule has 2 aromatic heterocycles. The van der Waals surface area contributed by atoms with Gasteiger partial charge in [0.25, 0.3) is 0 Å². The van der Waals surface area contributed by atoms with Gasteiger partial charge in [-0.1, -0.05) is 31.2 Å². The van der Waals surface area contributed by atoms with Crippen LogP contribution in [0.1, 0.15) is 41.1 Å². The molecule has 0 amide bonds. The van der Waals surface area contributed by atoms with E-state index in [1.54, 1.807) is 36.7 Å². The van der Waals surface area contributed by atoms with E-state index in [4.69, 9.17) is 9.15 Å². The molecule has 6 heteroatoms. The zero-order valence-corrected chi connectivity index (χ0v) is 16.5. The Labute approximate surface area is 174 Å². The molecule has 0 aliphatic heterocycles. The number of hydrogen-bond donors (Lipinski definition) is 2. The van der Waals surface area contributed by atoms with E-state index in [1.165, 1.54) is 0 Å². The van der Waals surface area contributed by atoms with Gasteiger partial charge < -0.3 is 19.6 Å². The molecule has 4 rings (SSSR count). The third kappa shape index (κ3) is 3.98. The van der Waals surface area contributed by atoms with Gasteiger partial charge in [-0.25, -0.2) is 4.79 Å². The molecular formula is C24H22N2O4. The van der Waals surface area contributed by atoms with Crippen molar-refractivity contribution in [2.75, 3.05) is 11.9 Å². The van der Waals surface area contributed by atoms with Crippen molar-refractivity contribution in [1.29, 1.82) is 0 Å². The largest absolute Gasteiger partial charge is 0.505 e. The van der Waals surface area contributed by atoms with Crippen LogP contribution in [0.4, 0.5) is 5.69 Å². The fourth-order valence-electron chi connectivity index (χ4n) is 3.32. The number of ether oxygens (including phenoxy) is 1. The van der Waals surface area contributed by atoms with Crippen molar-refractivity contribution in [2.45, 2.75) is 19.4 Å². The highest BCUT2D eigenvalue weighted by Crippen LogP contribution is 2.36. The Kier molecular flexibility index (Phi) is 5.66. The van der Waals surface area contributed by atoms with Gasteiger partial charge >= 0.3 is 5.97 Å². The molecule has 0 saturated carbocycles. The summed E-state index contributed by atoms with van der Waals surface area (Å²) in [6, 6.07) is 17.7. The summed E-state index contributed by atoms with van der Waals surface area (Å²) in [4.78, 5) is 16.5. The minimum atomic E-state index is -0.478. The number of carbonyl (C=O) groups is 1. The number of phenols is 1. The minimum absolute atomic E-state index is 0.0838. The van der Waals surface area contributed by atoms with Gasteiger partial charge in [-0.05, 0) is 42.8 Å². The van der Waals surface area contributed by atoms with Gasteiger partial charge in [-0.3, -0.25) is 4.98 Å². The standard InChI is InChI=1S/C24H22N2O4/c1-2-13-30-24(28)17-6-3-8-18(15-17)26-22(20-9-5-14-29-20)19-11-10-16-7-4-12-25-21(16)23(19)27/h3-12,14-15,22,26-27H,2,13H2,1H3. The lowest BCUT2D eigenvalue weighted by molar-refractivity contribution is 0.0505. The van der Waals surface area contributed by atoms with E-state index in [2.05, 4.69) is 10.3 Å². The molecule has 2 N–H and O–H groups in total. The van der Waals surface area contributed by atoms with Gasteiger partial charge in [-0.2, -0.15) is 0 Å². The predicted molar refractivity (Wildman–Crippen MR) is 115 cm³/mol. The topological polar surface area (TPSA) is 84.6 Å². The van der Waals surface area contributed by atoms with Gasteiger partial charge in [0.1, 0.15) is 23.1 Å². The van der Waals surface area contributed by atoms with E-state index < -0.39 is 6.04 Å². The molecule has 0 aliphatic rings. The van der Waals surface area contributed by atoms with Crippen LogP contribution in [0, 0.1) is 0 Å². The highest BCUT2D eigenvalue weighted by molar-refractivity contribution is 5.90. The molecule has 4 aromatic rings. The van der Waals surface area contributed by atoms with E-state index in [0.717, 1.165) is 11.8 Å². The molecule has 0 bridgehead atoms. The lowest BCUT2D eigenvalue weighted by atomic mass is 10.00. The first-order valence-corrected chi connectivity index (χ1v) is 9.81. The normalized spacial score (nSPS) is 11.9. The van der Waals surface area contributed by atoms with Crippen LogP contribution >= 0.6 is 0 Å². The van der Waals surface area contributed by atoms with Crippen LogP contribution in [0.25, 0.3) is 10.9 Å². The monoisotopic (exact) mass is 402 g/mol. The summed E-state index contributed by atoms with van der Waals surface area (Å²) in [5, 5.41) is 15.1. The fraction of sp³-hybridized carbons (Fsp3) is 0.167. The maximum atomic E-state index is 12.2. The van der Waals surface area contributed by atoms with Crippen LogP contribution in [-0.2, 0) is 4.74 Å². The average Bonchev–Trinajstić information content (AvgIpc) is 3.31. The number of hydrogen-bond acceptors (Lipinski definition) is 6. The third-order valence-corrected chi connectivity index (χ3v) is 4.76. The zero-order chi connectivity index (χ0) is 20.9. The molecule has 2 aromatic carbocycles. The number of phenolic OH excluding ortho intramolecular Hbond substituents is 1.